The van der Waals surface area contributed by atoms with Gasteiger partial charge in [-0.05, 0) is 80.3 Å². The minimum Gasteiger partial charge on any atom is -0.331 e. The van der Waals surface area contributed by atoms with Crippen LogP contribution >= 0.6 is 11.3 Å². The van der Waals surface area contributed by atoms with E-state index in [9.17, 15) is 4.79 Å². The molecule has 1 aliphatic carbocycles. The molecule has 1 atom stereocenters. The van der Waals surface area contributed by atoms with E-state index in [2.05, 4.69) is 53.5 Å². The minimum absolute atomic E-state index is 0.234. The molecule has 2 aromatic rings. The van der Waals surface area contributed by atoms with Crippen LogP contribution in [0.4, 0.5) is 0 Å². The lowest BCUT2D eigenvalue weighted by Gasteiger charge is -2.26. The van der Waals surface area contributed by atoms with Gasteiger partial charge in [0.05, 0.1) is 10.9 Å². The smallest absolute Gasteiger partial charge is 0.264 e. The lowest BCUT2D eigenvalue weighted by atomic mass is 9.93. The van der Waals surface area contributed by atoms with Crippen LogP contribution in [-0.4, -0.2) is 36.3 Å². The van der Waals surface area contributed by atoms with Crippen LogP contribution in [0.25, 0.3) is 0 Å². The molecule has 1 aromatic heterocycles. The maximum absolute atomic E-state index is 13.3. The molecule has 3 nitrogen and oxygen atoms in total. The zero-order valence-corrected chi connectivity index (χ0v) is 16.6. The van der Waals surface area contributed by atoms with Crippen LogP contribution in [0.3, 0.4) is 0 Å². The molecule has 0 N–H and O–H groups in total. The van der Waals surface area contributed by atoms with E-state index in [0.29, 0.717) is 0 Å². The second-order valence-electron chi connectivity index (χ2n) is 7.91. The third-order valence-electron chi connectivity index (χ3n) is 5.67. The number of hydrogen-bond donors (Lipinski definition) is 0. The van der Waals surface area contributed by atoms with Crippen LogP contribution in [0, 0.1) is 0 Å². The fourth-order valence-electron chi connectivity index (χ4n) is 4.40. The average molecular weight is 369 g/mol. The Kier molecular flexibility index (Phi) is 5.14. The Bertz CT molecular complexity index is 778. The molecule has 1 amide bonds. The Morgan fingerprint density at radius 2 is 1.92 bits per heavy atom. The summed E-state index contributed by atoms with van der Waals surface area (Å²) in [6.45, 7) is 1.84. The van der Waals surface area contributed by atoms with Gasteiger partial charge in [0.25, 0.3) is 5.91 Å². The van der Waals surface area contributed by atoms with Crippen LogP contribution in [0.15, 0.2) is 29.6 Å². The molecule has 0 saturated carbocycles. The third-order valence-corrected chi connectivity index (χ3v) is 6.73. The molecule has 4 heteroatoms. The third kappa shape index (κ3) is 3.45. The number of thiophene rings is 1. The number of rotatable bonds is 4. The number of hydrogen-bond acceptors (Lipinski definition) is 3. The first-order valence-corrected chi connectivity index (χ1v) is 10.6. The van der Waals surface area contributed by atoms with Gasteiger partial charge < -0.3 is 9.80 Å². The zero-order valence-electron chi connectivity index (χ0n) is 15.8. The maximum Gasteiger partial charge on any atom is 0.264 e. The highest BCUT2D eigenvalue weighted by molar-refractivity contribution is 7.12. The van der Waals surface area contributed by atoms with Gasteiger partial charge in [0, 0.05) is 13.1 Å². The minimum atomic E-state index is 0.234. The number of carbonyl (C=O) groups excluding carboxylic acids is 1. The summed E-state index contributed by atoms with van der Waals surface area (Å²) < 4.78 is 0. The van der Waals surface area contributed by atoms with Gasteiger partial charge in [-0.3, -0.25) is 4.79 Å². The number of aryl methyl sites for hydroxylation is 1. The van der Waals surface area contributed by atoms with Gasteiger partial charge in [0.2, 0.25) is 0 Å². The van der Waals surface area contributed by atoms with Crippen LogP contribution in [0.1, 0.15) is 63.7 Å². The number of fused-ring (bicyclic) bond motifs is 1. The van der Waals surface area contributed by atoms with Gasteiger partial charge in [-0.1, -0.05) is 24.3 Å². The Hall–Kier alpha value is -1.65. The van der Waals surface area contributed by atoms with Crippen molar-refractivity contribution < 1.29 is 4.79 Å². The molecule has 1 aliphatic heterocycles. The molecule has 1 aromatic carbocycles. The van der Waals surface area contributed by atoms with Gasteiger partial charge in [0.1, 0.15) is 0 Å². The Labute approximate surface area is 160 Å². The summed E-state index contributed by atoms with van der Waals surface area (Å²) in [5.41, 5.74) is 5.37. The van der Waals surface area contributed by atoms with E-state index in [0.717, 1.165) is 43.6 Å². The SMILES string of the molecule is CN(C)Cc1ccc(C2CCCN2C(=O)c2scc3c2CCCC3)cc1. The molecule has 26 heavy (non-hydrogen) atoms. The molecule has 1 saturated heterocycles. The van der Waals surface area contributed by atoms with E-state index in [1.807, 2.05) is 0 Å². The summed E-state index contributed by atoms with van der Waals surface area (Å²) >= 11 is 1.67. The van der Waals surface area contributed by atoms with E-state index in [4.69, 9.17) is 0 Å². The highest BCUT2D eigenvalue weighted by Crippen LogP contribution is 2.37. The van der Waals surface area contributed by atoms with E-state index in [-0.39, 0.29) is 11.9 Å². The van der Waals surface area contributed by atoms with Crippen molar-refractivity contribution in [3.63, 3.8) is 0 Å². The second-order valence-corrected chi connectivity index (χ2v) is 8.79. The zero-order chi connectivity index (χ0) is 18.1. The first-order chi connectivity index (χ1) is 12.6. The first kappa shape index (κ1) is 17.7. The molecular weight excluding hydrogens is 340 g/mol. The van der Waals surface area contributed by atoms with Crippen molar-refractivity contribution in [3.05, 3.63) is 56.8 Å². The molecule has 4 rings (SSSR count). The quantitative estimate of drug-likeness (QED) is 0.783. The molecule has 0 bridgehead atoms. The first-order valence-electron chi connectivity index (χ1n) is 9.77. The topological polar surface area (TPSA) is 23.6 Å². The van der Waals surface area contributed by atoms with Crippen LogP contribution in [0.5, 0.6) is 0 Å². The molecule has 0 spiro atoms. The summed E-state index contributed by atoms with van der Waals surface area (Å²) in [5.74, 6) is 0.262. The number of likely N-dealkylation sites (tertiary alicyclic amines) is 1. The maximum atomic E-state index is 13.3. The molecule has 2 heterocycles. The van der Waals surface area contributed by atoms with Crippen molar-refractivity contribution in [1.82, 2.24) is 9.80 Å². The predicted octanol–water partition coefficient (Wildman–Crippen LogP) is 4.67. The molecule has 2 aliphatic rings. The average Bonchev–Trinajstić information content (AvgIpc) is 3.28. The number of amides is 1. The summed E-state index contributed by atoms with van der Waals surface area (Å²) in [6, 6.07) is 9.10. The second kappa shape index (κ2) is 7.53. The van der Waals surface area contributed by atoms with Crippen molar-refractivity contribution in [1.29, 1.82) is 0 Å². The summed E-state index contributed by atoms with van der Waals surface area (Å²) in [6.07, 6.45) is 6.90. The molecule has 1 unspecified atom stereocenters. The lowest BCUT2D eigenvalue weighted by molar-refractivity contribution is 0.0739. The normalized spacial score (nSPS) is 19.8. The van der Waals surface area contributed by atoms with Crippen molar-refractivity contribution in [2.24, 2.45) is 0 Å². The lowest BCUT2D eigenvalue weighted by Crippen LogP contribution is -2.30. The Morgan fingerprint density at radius 1 is 1.15 bits per heavy atom. The van der Waals surface area contributed by atoms with Crippen LogP contribution in [-0.2, 0) is 19.4 Å². The fourth-order valence-corrected chi connectivity index (χ4v) is 5.51. The van der Waals surface area contributed by atoms with Crippen molar-refractivity contribution in [2.45, 2.75) is 51.1 Å². The van der Waals surface area contributed by atoms with Gasteiger partial charge in [-0.25, -0.2) is 0 Å². The van der Waals surface area contributed by atoms with Crippen LogP contribution in [0.2, 0.25) is 0 Å². The van der Waals surface area contributed by atoms with E-state index in [1.54, 1.807) is 11.3 Å². The van der Waals surface area contributed by atoms with Gasteiger partial charge in [-0.2, -0.15) is 0 Å². The van der Waals surface area contributed by atoms with Gasteiger partial charge >= 0.3 is 0 Å². The summed E-state index contributed by atoms with van der Waals surface area (Å²) in [5, 5.41) is 2.23. The van der Waals surface area contributed by atoms with E-state index >= 15 is 0 Å². The standard InChI is InChI=1S/C22H28N2OS/c1-23(2)14-16-9-11-17(12-10-16)20-8-5-13-24(20)22(25)21-19-7-4-3-6-18(19)15-26-21/h9-12,15,20H,3-8,13-14H2,1-2H3. The molecule has 138 valence electrons. The number of carbonyl (C=O) groups is 1. The summed E-state index contributed by atoms with van der Waals surface area (Å²) in [7, 11) is 4.18. The highest BCUT2D eigenvalue weighted by Gasteiger charge is 2.33. The predicted molar refractivity (Wildman–Crippen MR) is 108 cm³/mol. The van der Waals surface area contributed by atoms with E-state index in [1.165, 1.54) is 35.1 Å². The number of benzene rings is 1. The van der Waals surface area contributed by atoms with Gasteiger partial charge in [-0.15, -0.1) is 11.3 Å². The van der Waals surface area contributed by atoms with Crippen molar-refractivity contribution >= 4 is 17.2 Å². The monoisotopic (exact) mass is 368 g/mol. The molecular formula is C22H28N2OS. The summed E-state index contributed by atoms with van der Waals surface area (Å²) in [4.78, 5) is 18.6. The number of nitrogens with zero attached hydrogens (tertiary/aromatic N) is 2. The largest absolute Gasteiger partial charge is 0.331 e. The van der Waals surface area contributed by atoms with Gasteiger partial charge in [0.15, 0.2) is 0 Å². The molecule has 0 radical (unpaired) electrons. The van der Waals surface area contributed by atoms with Crippen molar-refractivity contribution in [2.75, 3.05) is 20.6 Å². The van der Waals surface area contributed by atoms with Crippen LogP contribution < -0.4 is 0 Å². The Morgan fingerprint density at radius 3 is 2.69 bits per heavy atom. The fraction of sp³-hybridized carbons (Fsp3) is 0.500. The highest BCUT2D eigenvalue weighted by atomic mass is 32.1. The Balaban J connectivity index is 1.55. The van der Waals surface area contributed by atoms with Crippen molar-refractivity contribution in [3.8, 4) is 0 Å². The molecule has 1 fully saturated rings. The van der Waals surface area contributed by atoms with E-state index < -0.39 is 0 Å².